The van der Waals surface area contributed by atoms with E-state index in [0.29, 0.717) is 43.9 Å². The van der Waals surface area contributed by atoms with Crippen LogP contribution >= 0.6 is 0 Å². The lowest BCUT2D eigenvalue weighted by Crippen LogP contribution is -2.27. The molecule has 0 atom stereocenters. The molecule has 1 aliphatic heterocycles. The molecule has 0 saturated carbocycles. The number of anilines is 1. The van der Waals surface area contributed by atoms with Gasteiger partial charge in [0, 0.05) is 6.54 Å². The second kappa shape index (κ2) is 7.83. The van der Waals surface area contributed by atoms with Crippen LogP contribution in [0.4, 0.5) is 5.69 Å². The summed E-state index contributed by atoms with van der Waals surface area (Å²) in [6, 6.07) is 13.7. The zero-order chi connectivity index (χ0) is 17.6. The first-order valence-corrected chi connectivity index (χ1v) is 8.48. The van der Waals surface area contributed by atoms with Crippen LogP contribution in [0.2, 0.25) is 0 Å². The lowest BCUT2D eigenvalue weighted by Gasteiger charge is -2.10. The molecular weight excluding hydrogens is 316 g/mol. The van der Waals surface area contributed by atoms with E-state index in [0.717, 1.165) is 11.1 Å². The van der Waals surface area contributed by atoms with Gasteiger partial charge in [-0.3, -0.25) is 9.59 Å². The molecule has 0 radical (unpaired) electrons. The zero-order valence-corrected chi connectivity index (χ0v) is 14.3. The van der Waals surface area contributed by atoms with E-state index in [4.69, 9.17) is 4.74 Å². The molecule has 130 valence electrons. The Balaban J connectivity index is 1.51. The van der Waals surface area contributed by atoms with Crippen LogP contribution in [-0.4, -0.2) is 25.0 Å². The monoisotopic (exact) mass is 338 g/mol. The Labute approximate surface area is 147 Å². The van der Waals surface area contributed by atoms with Crippen LogP contribution in [-0.2, 0) is 22.4 Å². The molecule has 2 N–H and O–H groups in total. The summed E-state index contributed by atoms with van der Waals surface area (Å²) >= 11 is 0. The van der Waals surface area contributed by atoms with Gasteiger partial charge >= 0.3 is 0 Å². The van der Waals surface area contributed by atoms with Crippen molar-refractivity contribution in [3.05, 3.63) is 59.2 Å². The molecule has 25 heavy (non-hydrogen) atoms. The topological polar surface area (TPSA) is 67.4 Å². The third-order valence-corrected chi connectivity index (χ3v) is 4.13. The van der Waals surface area contributed by atoms with Crippen molar-refractivity contribution in [2.24, 2.45) is 0 Å². The Morgan fingerprint density at radius 3 is 2.72 bits per heavy atom. The average Bonchev–Trinajstić information content (AvgIpc) is 2.77. The lowest BCUT2D eigenvalue weighted by molar-refractivity contribution is -0.120. The number of carbonyl (C=O) groups is 2. The highest BCUT2D eigenvalue weighted by Crippen LogP contribution is 2.28. The fourth-order valence-corrected chi connectivity index (χ4v) is 2.72. The van der Waals surface area contributed by atoms with Crippen molar-refractivity contribution in [2.75, 3.05) is 18.5 Å². The number of hydrogen-bond acceptors (Lipinski definition) is 3. The van der Waals surface area contributed by atoms with Gasteiger partial charge in [-0.15, -0.1) is 0 Å². The first kappa shape index (κ1) is 17.0. The maximum atomic E-state index is 12.0. The van der Waals surface area contributed by atoms with Crippen LogP contribution in [0.5, 0.6) is 5.75 Å². The molecule has 0 fully saturated rings. The molecule has 0 spiro atoms. The summed E-state index contributed by atoms with van der Waals surface area (Å²) < 4.78 is 5.54. The van der Waals surface area contributed by atoms with Crippen LogP contribution in [0.3, 0.4) is 0 Å². The Hall–Kier alpha value is -2.82. The molecule has 2 aromatic rings. The Morgan fingerprint density at radius 1 is 1.16 bits per heavy atom. The molecule has 5 nitrogen and oxygen atoms in total. The van der Waals surface area contributed by atoms with Crippen LogP contribution < -0.4 is 15.4 Å². The van der Waals surface area contributed by atoms with E-state index in [-0.39, 0.29) is 11.8 Å². The second-order valence-electron chi connectivity index (χ2n) is 6.24. The lowest BCUT2D eigenvalue weighted by atomic mass is 10.1. The van der Waals surface area contributed by atoms with Gasteiger partial charge in [-0.05, 0) is 36.6 Å². The molecule has 0 saturated heterocycles. The number of nitrogens with one attached hydrogen (secondary N) is 2. The third kappa shape index (κ3) is 4.83. The van der Waals surface area contributed by atoms with Gasteiger partial charge in [0.25, 0.3) is 0 Å². The fourth-order valence-electron chi connectivity index (χ4n) is 2.72. The number of ether oxygens (including phenoxy) is 1. The molecule has 0 bridgehead atoms. The standard InChI is InChI=1S/C20H22N2O3/c1-14-2-4-15(5-3-14)13-20(24)21-10-8-16-6-7-18-17(12-16)22-19(23)9-11-25-18/h2-7,12H,8-11,13H2,1H3,(H,21,24)(H,22,23). The van der Waals surface area contributed by atoms with Gasteiger partial charge in [0.05, 0.1) is 25.1 Å². The van der Waals surface area contributed by atoms with Gasteiger partial charge in [-0.25, -0.2) is 0 Å². The number of hydrogen-bond donors (Lipinski definition) is 2. The van der Waals surface area contributed by atoms with Crippen molar-refractivity contribution < 1.29 is 14.3 Å². The smallest absolute Gasteiger partial charge is 0.227 e. The maximum absolute atomic E-state index is 12.0. The predicted molar refractivity (Wildman–Crippen MR) is 96.8 cm³/mol. The van der Waals surface area contributed by atoms with Crippen molar-refractivity contribution in [3.63, 3.8) is 0 Å². The normalized spacial score (nSPS) is 13.2. The van der Waals surface area contributed by atoms with Crippen molar-refractivity contribution in [1.29, 1.82) is 0 Å². The van der Waals surface area contributed by atoms with Crippen LogP contribution in [0, 0.1) is 6.92 Å². The van der Waals surface area contributed by atoms with Gasteiger partial charge in [0.2, 0.25) is 11.8 Å². The summed E-state index contributed by atoms with van der Waals surface area (Å²) in [6.07, 6.45) is 1.44. The van der Waals surface area contributed by atoms with Crippen molar-refractivity contribution in [1.82, 2.24) is 5.32 Å². The number of fused-ring (bicyclic) bond motifs is 1. The summed E-state index contributed by atoms with van der Waals surface area (Å²) in [6.45, 7) is 2.98. The largest absolute Gasteiger partial charge is 0.491 e. The zero-order valence-electron chi connectivity index (χ0n) is 14.3. The summed E-state index contributed by atoms with van der Waals surface area (Å²) in [5.74, 6) is 0.663. The SMILES string of the molecule is Cc1ccc(CC(=O)NCCc2ccc3c(c2)NC(=O)CCO3)cc1. The van der Waals surface area contributed by atoms with E-state index in [1.54, 1.807) is 0 Å². The minimum Gasteiger partial charge on any atom is -0.491 e. The van der Waals surface area contributed by atoms with E-state index in [1.807, 2.05) is 49.4 Å². The van der Waals surface area contributed by atoms with Gasteiger partial charge in [-0.1, -0.05) is 35.9 Å². The first-order chi connectivity index (χ1) is 12.1. The van der Waals surface area contributed by atoms with Gasteiger partial charge in [0.15, 0.2) is 0 Å². The number of rotatable bonds is 5. The van der Waals surface area contributed by atoms with Gasteiger partial charge < -0.3 is 15.4 Å². The highest BCUT2D eigenvalue weighted by molar-refractivity contribution is 5.93. The summed E-state index contributed by atoms with van der Waals surface area (Å²) in [5, 5.41) is 5.79. The van der Waals surface area contributed by atoms with Crippen molar-refractivity contribution in [3.8, 4) is 5.75 Å². The molecule has 2 amide bonds. The first-order valence-electron chi connectivity index (χ1n) is 8.48. The number of carbonyl (C=O) groups excluding carboxylic acids is 2. The highest BCUT2D eigenvalue weighted by atomic mass is 16.5. The minimum atomic E-state index is -0.0395. The number of aryl methyl sites for hydroxylation is 1. The van der Waals surface area contributed by atoms with Gasteiger partial charge in [0.1, 0.15) is 5.75 Å². The highest BCUT2D eigenvalue weighted by Gasteiger charge is 2.14. The molecule has 5 heteroatoms. The summed E-state index contributed by atoms with van der Waals surface area (Å²) in [4.78, 5) is 23.6. The molecule has 0 unspecified atom stereocenters. The van der Waals surface area contributed by atoms with Crippen molar-refractivity contribution in [2.45, 2.75) is 26.2 Å². The number of benzene rings is 2. The third-order valence-electron chi connectivity index (χ3n) is 4.13. The van der Waals surface area contributed by atoms with E-state index >= 15 is 0 Å². The van der Waals surface area contributed by atoms with E-state index < -0.39 is 0 Å². The van der Waals surface area contributed by atoms with E-state index in [9.17, 15) is 9.59 Å². The quantitative estimate of drug-likeness (QED) is 0.881. The summed E-state index contributed by atoms with van der Waals surface area (Å²) in [5.41, 5.74) is 3.93. The Bertz CT molecular complexity index is 769. The number of amides is 2. The molecule has 3 rings (SSSR count). The van der Waals surface area contributed by atoms with Crippen molar-refractivity contribution >= 4 is 17.5 Å². The molecule has 2 aromatic carbocycles. The van der Waals surface area contributed by atoms with Gasteiger partial charge in [-0.2, -0.15) is 0 Å². The Kier molecular flexibility index (Phi) is 5.33. The van der Waals surface area contributed by atoms with E-state index in [1.165, 1.54) is 5.56 Å². The predicted octanol–water partition coefficient (Wildman–Crippen LogP) is 2.62. The molecule has 1 heterocycles. The molecule has 0 aromatic heterocycles. The maximum Gasteiger partial charge on any atom is 0.227 e. The molecular formula is C20H22N2O3. The molecule has 1 aliphatic rings. The minimum absolute atomic E-state index is 0.00949. The Morgan fingerprint density at radius 2 is 1.92 bits per heavy atom. The fraction of sp³-hybridized carbons (Fsp3) is 0.300. The van der Waals surface area contributed by atoms with Crippen LogP contribution in [0.25, 0.3) is 0 Å². The molecule has 0 aliphatic carbocycles. The second-order valence-corrected chi connectivity index (χ2v) is 6.24. The van der Waals surface area contributed by atoms with E-state index in [2.05, 4.69) is 10.6 Å². The van der Waals surface area contributed by atoms with Crippen LogP contribution in [0.1, 0.15) is 23.1 Å². The van der Waals surface area contributed by atoms with Crippen LogP contribution in [0.15, 0.2) is 42.5 Å². The summed E-state index contributed by atoms with van der Waals surface area (Å²) in [7, 11) is 0. The average molecular weight is 338 g/mol.